The average molecular weight is 381 g/mol. The second-order valence-electron chi connectivity index (χ2n) is 7.42. The van der Waals surface area contributed by atoms with E-state index in [1.165, 1.54) is 0 Å². The Morgan fingerprint density at radius 3 is 2.59 bits per heavy atom. The van der Waals surface area contributed by atoms with E-state index < -0.39 is 12.3 Å². The first-order valence-corrected chi connectivity index (χ1v) is 9.73. The molecule has 0 atom stereocenters. The van der Waals surface area contributed by atoms with Crippen LogP contribution in [0.4, 0.5) is 0 Å². The van der Waals surface area contributed by atoms with Crippen LogP contribution in [0.3, 0.4) is 0 Å². The SMILES string of the molecule is [2H]C(C)(C)c1ccnc(-c2cccc3c2oc2cc(C([2H])([2H])c4ccccc4)ccc23)c1. The van der Waals surface area contributed by atoms with E-state index in [2.05, 4.69) is 4.98 Å². The largest absolute Gasteiger partial charge is 0.455 e. The van der Waals surface area contributed by atoms with E-state index in [4.69, 9.17) is 8.53 Å². The van der Waals surface area contributed by atoms with Gasteiger partial charge in [-0.3, -0.25) is 4.98 Å². The molecule has 2 heteroatoms. The summed E-state index contributed by atoms with van der Waals surface area (Å²) in [5, 5.41) is 1.90. The molecule has 29 heavy (non-hydrogen) atoms. The quantitative estimate of drug-likeness (QED) is 0.325. The highest BCUT2D eigenvalue weighted by Crippen LogP contribution is 2.36. The Morgan fingerprint density at radius 2 is 1.76 bits per heavy atom. The zero-order valence-corrected chi connectivity index (χ0v) is 16.4. The van der Waals surface area contributed by atoms with Gasteiger partial charge < -0.3 is 4.42 Å². The highest BCUT2D eigenvalue weighted by molar-refractivity contribution is 6.09. The molecule has 0 N–H and O–H groups in total. The molecular formula is C27H23NO. The van der Waals surface area contributed by atoms with Crippen molar-refractivity contribution in [1.29, 1.82) is 0 Å². The minimum atomic E-state index is -1.63. The minimum absolute atomic E-state index is 0.549. The maximum atomic E-state index is 8.67. The fraction of sp³-hybridized carbons (Fsp3) is 0.148. The van der Waals surface area contributed by atoms with E-state index in [9.17, 15) is 0 Å². The first-order valence-electron chi connectivity index (χ1n) is 11.2. The predicted octanol–water partition coefficient (Wildman–Crippen LogP) is 7.36. The van der Waals surface area contributed by atoms with Crippen molar-refractivity contribution in [1.82, 2.24) is 4.98 Å². The number of fused-ring (bicyclic) bond motifs is 3. The summed E-state index contributed by atoms with van der Waals surface area (Å²) in [4.78, 5) is 4.54. The molecule has 0 unspecified atom stereocenters. The van der Waals surface area contributed by atoms with E-state index in [0.29, 0.717) is 22.3 Å². The Bertz CT molecular complexity index is 1430. The maximum absolute atomic E-state index is 8.67. The van der Waals surface area contributed by atoms with Gasteiger partial charge in [0.2, 0.25) is 0 Å². The molecule has 0 saturated carbocycles. The maximum Gasteiger partial charge on any atom is 0.144 e. The van der Waals surface area contributed by atoms with Crippen molar-refractivity contribution in [3.05, 3.63) is 102 Å². The first-order chi connectivity index (χ1) is 15.2. The van der Waals surface area contributed by atoms with Crippen LogP contribution in [0.2, 0.25) is 0 Å². The van der Waals surface area contributed by atoms with Crippen LogP contribution in [0.5, 0.6) is 0 Å². The molecule has 2 nitrogen and oxygen atoms in total. The third-order valence-electron chi connectivity index (χ3n) is 5.17. The second-order valence-corrected chi connectivity index (χ2v) is 7.42. The number of benzene rings is 3. The molecule has 0 saturated heterocycles. The molecule has 0 spiro atoms. The lowest BCUT2D eigenvalue weighted by molar-refractivity contribution is 0.669. The van der Waals surface area contributed by atoms with Gasteiger partial charge in [0.25, 0.3) is 0 Å². The number of aromatic nitrogens is 1. The fourth-order valence-corrected chi connectivity index (χ4v) is 3.65. The summed E-state index contributed by atoms with van der Waals surface area (Å²) in [6, 6.07) is 24.5. The van der Waals surface area contributed by atoms with Crippen LogP contribution in [-0.4, -0.2) is 4.98 Å². The van der Waals surface area contributed by atoms with Gasteiger partial charge in [0.1, 0.15) is 11.2 Å². The molecule has 0 aliphatic heterocycles. The topological polar surface area (TPSA) is 26.0 Å². The van der Waals surface area contributed by atoms with Crippen LogP contribution in [-0.2, 0) is 6.37 Å². The summed E-state index contributed by atoms with van der Waals surface area (Å²) >= 11 is 0. The highest BCUT2D eigenvalue weighted by Gasteiger charge is 2.14. The van der Waals surface area contributed by atoms with Gasteiger partial charge >= 0.3 is 0 Å². The standard InChI is InChI=1S/C27H23NO/c1-18(2)21-13-14-28-25(17-21)24-10-6-9-23-22-12-11-20(16-26(22)29-27(23)24)15-19-7-4-3-5-8-19/h3-14,16-18H,15H2,1-2H3/i15D2,18D. The van der Waals surface area contributed by atoms with Crippen molar-refractivity contribution in [2.45, 2.75) is 26.1 Å². The van der Waals surface area contributed by atoms with E-state index in [0.717, 1.165) is 27.6 Å². The molecule has 3 aromatic carbocycles. The molecule has 5 rings (SSSR count). The van der Waals surface area contributed by atoms with Crippen LogP contribution in [0, 0.1) is 0 Å². The lowest BCUT2D eigenvalue weighted by Gasteiger charge is -2.07. The van der Waals surface area contributed by atoms with E-state index >= 15 is 0 Å². The second kappa shape index (κ2) is 7.21. The Morgan fingerprint density at radius 1 is 0.897 bits per heavy atom. The van der Waals surface area contributed by atoms with E-state index in [-0.39, 0.29) is 0 Å². The smallest absolute Gasteiger partial charge is 0.144 e. The molecule has 2 heterocycles. The third kappa shape index (κ3) is 3.31. The van der Waals surface area contributed by atoms with Gasteiger partial charge in [-0.15, -0.1) is 0 Å². The molecule has 0 amide bonds. The molecular weight excluding hydrogens is 354 g/mol. The third-order valence-corrected chi connectivity index (χ3v) is 5.17. The molecule has 0 aliphatic rings. The lowest BCUT2D eigenvalue weighted by atomic mass is 10.00. The summed E-state index contributed by atoms with van der Waals surface area (Å²) in [7, 11) is 0. The number of nitrogens with zero attached hydrogens (tertiary/aromatic N) is 1. The summed E-state index contributed by atoms with van der Waals surface area (Å²) in [5.41, 5.74) is 5.01. The van der Waals surface area contributed by atoms with Gasteiger partial charge in [-0.05, 0) is 53.2 Å². The molecule has 0 aliphatic carbocycles. The van der Waals surface area contributed by atoms with Crippen LogP contribution >= 0.6 is 0 Å². The van der Waals surface area contributed by atoms with Crippen LogP contribution in [0.15, 0.2) is 89.5 Å². The molecule has 0 fully saturated rings. The average Bonchev–Trinajstić information content (AvgIpc) is 3.17. The zero-order chi connectivity index (χ0) is 22.5. The minimum Gasteiger partial charge on any atom is -0.455 e. The van der Waals surface area contributed by atoms with E-state index in [1.807, 2.05) is 74.5 Å². The summed E-state index contributed by atoms with van der Waals surface area (Å²) < 4.78 is 32.0. The van der Waals surface area contributed by atoms with Crippen LogP contribution < -0.4 is 0 Å². The van der Waals surface area contributed by atoms with Gasteiger partial charge in [0.15, 0.2) is 0 Å². The zero-order valence-electron chi connectivity index (χ0n) is 19.4. The molecule has 142 valence electrons. The fourth-order valence-electron chi connectivity index (χ4n) is 3.65. The van der Waals surface area contributed by atoms with Crippen molar-refractivity contribution in [3.63, 3.8) is 0 Å². The monoisotopic (exact) mass is 380 g/mol. The van der Waals surface area contributed by atoms with Gasteiger partial charge in [-0.25, -0.2) is 0 Å². The Labute approximate surface area is 175 Å². The molecule has 0 radical (unpaired) electrons. The number of rotatable bonds is 4. The Hall–Kier alpha value is -3.39. The lowest BCUT2D eigenvalue weighted by Crippen LogP contribution is -1.90. The number of hydrogen-bond acceptors (Lipinski definition) is 2. The van der Waals surface area contributed by atoms with Crippen molar-refractivity contribution < 1.29 is 8.53 Å². The number of para-hydroxylation sites is 1. The first kappa shape index (κ1) is 14.6. The van der Waals surface area contributed by atoms with Crippen molar-refractivity contribution in [3.8, 4) is 11.3 Å². The summed E-state index contributed by atoms with van der Waals surface area (Å²) in [6.07, 6.45) is 0.0990. The summed E-state index contributed by atoms with van der Waals surface area (Å²) in [6.45, 7) is 3.71. The highest BCUT2D eigenvalue weighted by atomic mass is 16.3. The summed E-state index contributed by atoms with van der Waals surface area (Å²) in [5.74, 6) is -0.725. The van der Waals surface area contributed by atoms with Crippen molar-refractivity contribution in [2.24, 2.45) is 0 Å². The Balaban J connectivity index is 1.67. The van der Waals surface area contributed by atoms with Gasteiger partial charge in [0, 0.05) is 26.6 Å². The Kier molecular flexibility index (Phi) is 3.63. The van der Waals surface area contributed by atoms with Gasteiger partial charge in [-0.2, -0.15) is 0 Å². The molecule has 0 bridgehead atoms. The van der Waals surface area contributed by atoms with Gasteiger partial charge in [0.05, 0.1) is 5.69 Å². The van der Waals surface area contributed by atoms with E-state index in [1.54, 1.807) is 24.4 Å². The van der Waals surface area contributed by atoms with Crippen LogP contribution in [0.25, 0.3) is 33.2 Å². The number of pyridine rings is 1. The number of furan rings is 1. The van der Waals surface area contributed by atoms with Crippen molar-refractivity contribution >= 4 is 21.9 Å². The number of hydrogen-bond donors (Lipinski definition) is 0. The van der Waals surface area contributed by atoms with Crippen molar-refractivity contribution in [2.75, 3.05) is 0 Å². The molecule has 2 aromatic heterocycles. The normalized spacial score (nSPS) is 13.9. The van der Waals surface area contributed by atoms with Crippen LogP contribution in [0.1, 0.15) is 40.5 Å². The predicted molar refractivity (Wildman–Crippen MR) is 120 cm³/mol. The van der Waals surface area contributed by atoms with Gasteiger partial charge in [-0.1, -0.05) is 68.4 Å². The molecule has 5 aromatic rings.